The van der Waals surface area contributed by atoms with E-state index < -0.39 is 10.0 Å². The maximum Gasteiger partial charge on any atom is 0.243 e. The van der Waals surface area contributed by atoms with Crippen molar-refractivity contribution in [3.8, 4) is 0 Å². The summed E-state index contributed by atoms with van der Waals surface area (Å²) in [5.41, 5.74) is 0.479. The molecule has 2 amide bonds. The molecule has 1 aromatic rings. The Morgan fingerprint density at radius 3 is 1.85 bits per heavy atom. The molecule has 1 aromatic carbocycles. The lowest BCUT2D eigenvalue weighted by atomic mass is 9.81. The second-order valence-corrected chi connectivity index (χ2v) is 9.41. The molecule has 0 N–H and O–H groups in total. The fraction of sp³-hybridized carbons (Fsp3) is 0.579. The normalized spacial score (nSPS) is 27.6. The largest absolute Gasteiger partial charge is 0.274 e. The highest BCUT2D eigenvalue weighted by Gasteiger charge is 2.48. The molecule has 2 heterocycles. The van der Waals surface area contributed by atoms with Crippen molar-refractivity contribution < 1.29 is 18.0 Å². The van der Waals surface area contributed by atoms with E-state index in [1.54, 1.807) is 12.1 Å². The lowest BCUT2D eigenvalue weighted by molar-refractivity contribution is -0.122. The molecule has 7 heteroatoms. The molecule has 2 saturated heterocycles. The molecule has 2 atom stereocenters. The van der Waals surface area contributed by atoms with Crippen molar-refractivity contribution in [1.82, 2.24) is 4.31 Å². The summed E-state index contributed by atoms with van der Waals surface area (Å²) < 4.78 is 27.0. The van der Waals surface area contributed by atoms with E-state index in [1.807, 2.05) is 0 Å². The molecule has 3 aliphatic rings. The van der Waals surface area contributed by atoms with E-state index >= 15 is 0 Å². The molecule has 0 unspecified atom stereocenters. The number of imide groups is 1. The Labute approximate surface area is 154 Å². The van der Waals surface area contributed by atoms with Crippen LogP contribution in [0.3, 0.4) is 0 Å². The van der Waals surface area contributed by atoms with Crippen LogP contribution in [0.4, 0.5) is 5.69 Å². The Balaban J connectivity index is 1.58. The summed E-state index contributed by atoms with van der Waals surface area (Å²) in [4.78, 5) is 26.8. The minimum atomic E-state index is -3.51. The lowest BCUT2D eigenvalue weighted by Gasteiger charge is -2.26. The lowest BCUT2D eigenvalue weighted by Crippen LogP contribution is -2.35. The maximum atomic E-state index is 12.7. The fourth-order valence-corrected chi connectivity index (χ4v) is 5.96. The van der Waals surface area contributed by atoms with Crippen LogP contribution in [0.25, 0.3) is 0 Å². The van der Waals surface area contributed by atoms with Crippen LogP contribution >= 0.6 is 0 Å². The van der Waals surface area contributed by atoms with Gasteiger partial charge in [0, 0.05) is 13.1 Å². The molecule has 6 nitrogen and oxygen atoms in total. The van der Waals surface area contributed by atoms with Gasteiger partial charge in [-0.1, -0.05) is 19.3 Å². The van der Waals surface area contributed by atoms with Crippen molar-refractivity contribution in [2.45, 2.75) is 49.8 Å². The smallest absolute Gasteiger partial charge is 0.243 e. The van der Waals surface area contributed by atoms with Crippen molar-refractivity contribution in [2.24, 2.45) is 11.8 Å². The van der Waals surface area contributed by atoms with Gasteiger partial charge in [0.05, 0.1) is 22.4 Å². The number of carbonyl (C=O) groups excluding carboxylic acids is 2. The first-order valence-electron chi connectivity index (χ1n) is 9.48. The van der Waals surface area contributed by atoms with Gasteiger partial charge in [0.1, 0.15) is 0 Å². The first-order valence-corrected chi connectivity index (χ1v) is 10.9. The molecular weight excluding hydrogens is 352 g/mol. The number of sulfonamides is 1. The number of piperidine rings is 1. The molecule has 0 bridgehead atoms. The second-order valence-electron chi connectivity index (χ2n) is 7.47. The first-order chi connectivity index (χ1) is 12.5. The van der Waals surface area contributed by atoms with E-state index in [-0.39, 0.29) is 28.5 Å². The number of benzene rings is 1. The zero-order valence-corrected chi connectivity index (χ0v) is 15.6. The number of hydrogen-bond acceptors (Lipinski definition) is 4. The van der Waals surface area contributed by atoms with Crippen LogP contribution in [0.1, 0.15) is 44.9 Å². The van der Waals surface area contributed by atoms with Crippen molar-refractivity contribution in [2.75, 3.05) is 18.0 Å². The summed E-state index contributed by atoms with van der Waals surface area (Å²) >= 11 is 0. The van der Waals surface area contributed by atoms with E-state index in [4.69, 9.17) is 0 Å². The van der Waals surface area contributed by atoms with Gasteiger partial charge in [-0.15, -0.1) is 0 Å². The van der Waals surface area contributed by atoms with Crippen LogP contribution in [0.15, 0.2) is 29.2 Å². The van der Waals surface area contributed by atoms with Gasteiger partial charge in [0.15, 0.2) is 0 Å². The van der Waals surface area contributed by atoms with Crippen LogP contribution in [0.2, 0.25) is 0 Å². The van der Waals surface area contributed by atoms with E-state index in [0.29, 0.717) is 18.8 Å². The van der Waals surface area contributed by atoms with Gasteiger partial charge in [-0.2, -0.15) is 4.31 Å². The number of amides is 2. The monoisotopic (exact) mass is 376 g/mol. The second kappa shape index (κ2) is 6.78. The summed E-state index contributed by atoms with van der Waals surface area (Å²) in [6.45, 7) is 1.10. The van der Waals surface area contributed by atoms with Crippen LogP contribution in [-0.2, 0) is 19.6 Å². The predicted molar refractivity (Wildman–Crippen MR) is 97.0 cm³/mol. The summed E-state index contributed by atoms with van der Waals surface area (Å²) in [7, 11) is -3.51. The molecule has 2 aliphatic heterocycles. The Bertz CT molecular complexity index is 788. The quantitative estimate of drug-likeness (QED) is 0.760. The topological polar surface area (TPSA) is 74.8 Å². The third kappa shape index (κ3) is 2.87. The predicted octanol–water partition coefficient (Wildman–Crippen LogP) is 2.54. The van der Waals surface area contributed by atoms with Crippen LogP contribution in [0.5, 0.6) is 0 Å². The zero-order chi connectivity index (χ0) is 18.3. The summed E-state index contributed by atoms with van der Waals surface area (Å²) in [5.74, 6) is -0.668. The minimum absolute atomic E-state index is 0.133. The third-order valence-corrected chi connectivity index (χ3v) is 7.80. The van der Waals surface area contributed by atoms with Crippen molar-refractivity contribution in [3.63, 3.8) is 0 Å². The Kier molecular flexibility index (Phi) is 4.61. The van der Waals surface area contributed by atoms with Crippen molar-refractivity contribution in [3.05, 3.63) is 24.3 Å². The van der Waals surface area contributed by atoms with Crippen molar-refractivity contribution >= 4 is 27.5 Å². The molecule has 140 valence electrons. The fourth-order valence-electron chi connectivity index (χ4n) is 4.44. The molecule has 26 heavy (non-hydrogen) atoms. The third-order valence-electron chi connectivity index (χ3n) is 5.89. The standard InChI is InChI=1S/C19H24N2O4S/c22-18-16-6-2-3-7-17(16)19(23)21(18)14-8-10-15(11-9-14)26(24,25)20-12-4-1-5-13-20/h8-11,16-17H,1-7,12-13H2/t16-,17-/m0/s1. The number of anilines is 1. The highest BCUT2D eigenvalue weighted by molar-refractivity contribution is 7.89. The highest BCUT2D eigenvalue weighted by Crippen LogP contribution is 2.40. The number of carbonyl (C=O) groups is 2. The first kappa shape index (κ1) is 17.7. The molecule has 1 saturated carbocycles. The molecule has 4 rings (SSSR count). The molecule has 0 radical (unpaired) electrons. The van der Waals surface area contributed by atoms with E-state index in [0.717, 1.165) is 44.9 Å². The van der Waals surface area contributed by atoms with Gasteiger partial charge >= 0.3 is 0 Å². The van der Waals surface area contributed by atoms with Gasteiger partial charge < -0.3 is 0 Å². The van der Waals surface area contributed by atoms with Gasteiger partial charge in [-0.3, -0.25) is 14.5 Å². The average Bonchev–Trinajstić information content (AvgIpc) is 2.94. The van der Waals surface area contributed by atoms with Gasteiger partial charge in [-0.25, -0.2) is 8.42 Å². The van der Waals surface area contributed by atoms with Crippen LogP contribution < -0.4 is 4.90 Å². The van der Waals surface area contributed by atoms with Gasteiger partial charge in [0.25, 0.3) is 0 Å². The summed E-state index contributed by atoms with van der Waals surface area (Å²) in [5, 5.41) is 0. The molecular formula is C19H24N2O4S. The van der Waals surface area contributed by atoms with Crippen LogP contribution in [0, 0.1) is 11.8 Å². The molecule has 0 aromatic heterocycles. The maximum absolute atomic E-state index is 12.7. The molecule has 0 spiro atoms. The number of hydrogen-bond donors (Lipinski definition) is 0. The Hall–Kier alpha value is -1.73. The van der Waals surface area contributed by atoms with E-state index in [2.05, 4.69) is 0 Å². The number of nitrogens with zero attached hydrogens (tertiary/aromatic N) is 2. The number of rotatable bonds is 3. The molecule has 3 fully saturated rings. The average molecular weight is 376 g/mol. The van der Waals surface area contributed by atoms with Gasteiger partial charge in [0.2, 0.25) is 21.8 Å². The Morgan fingerprint density at radius 2 is 1.31 bits per heavy atom. The van der Waals surface area contributed by atoms with Crippen LogP contribution in [-0.4, -0.2) is 37.6 Å². The minimum Gasteiger partial charge on any atom is -0.274 e. The number of fused-ring (bicyclic) bond motifs is 1. The zero-order valence-electron chi connectivity index (χ0n) is 14.8. The molecule has 1 aliphatic carbocycles. The summed E-state index contributed by atoms with van der Waals surface area (Å²) in [6, 6.07) is 6.21. The van der Waals surface area contributed by atoms with E-state index in [1.165, 1.54) is 21.3 Å². The van der Waals surface area contributed by atoms with E-state index in [9.17, 15) is 18.0 Å². The Morgan fingerprint density at radius 1 is 0.769 bits per heavy atom. The van der Waals surface area contributed by atoms with Crippen molar-refractivity contribution in [1.29, 1.82) is 0 Å². The van der Waals surface area contributed by atoms with Gasteiger partial charge in [-0.05, 0) is 49.9 Å². The highest BCUT2D eigenvalue weighted by atomic mass is 32.2. The summed E-state index contributed by atoms with van der Waals surface area (Å²) in [6.07, 6.45) is 6.35. The SMILES string of the molecule is O=C1[C@H]2CCCC[C@@H]2C(=O)N1c1ccc(S(=O)(=O)N2CCCCC2)cc1.